The van der Waals surface area contributed by atoms with Gasteiger partial charge in [0.2, 0.25) is 0 Å². The lowest BCUT2D eigenvalue weighted by Gasteiger charge is -2.12. The smallest absolute Gasteiger partial charge is 0.122 e. The molecule has 1 aromatic rings. The zero-order valence-electron chi connectivity index (χ0n) is 11.0. The summed E-state index contributed by atoms with van der Waals surface area (Å²) in [6.07, 6.45) is 0.919. The predicted octanol–water partition coefficient (Wildman–Crippen LogP) is 2.82. The molecule has 0 bridgehead atoms. The molecule has 0 spiro atoms. The van der Waals surface area contributed by atoms with Crippen molar-refractivity contribution >= 4 is 0 Å². The van der Waals surface area contributed by atoms with Crippen molar-refractivity contribution in [3.05, 3.63) is 29.3 Å². The fourth-order valence-corrected chi connectivity index (χ4v) is 1.61. The van der Waals surface area contributed by atoms with Gasteiger partial charge in [0.1, 0.15) is 5.75 Å². The second-order valence-electron chi connectivity index (χ2n) is 4.21. The molecule has 0 aliphatic rings. The van der Waals surface area contributed by atoms with E-state index in [0.717, 1.165) is 36.5 Å². The molecule has 0 amide bonds. The fraction of sp³-hybridized carbons (Fsp3) is 0.571. The molecule has 0 radical (unpaired) electrons. The molecule has 0 aliphatic heterocycles. The molecule has 1 rings (SSSR count). The van der Waals surface area contributed by atoms with Crippen LogP contribution < -0.4 is 10.5 Å². The summed E-state index contributed by atoms with van der Waals surface area (Å²) in [7, 11) is 0. The van der Waals surface area contributed by atoms with E-state index < -0.39 is 0 Å². The molecule has 2 N–H and O–H groups in total. The van der Waals surface area contributed by atoms with Gasteiger partial charge in [-0.05, 0) is 38.0 Å². The number of nitrogens with two attached hydrogens (primary N) is 1. The van der Waals surface area contributed by atoms with Crippen molar-refractivity contribution in [3.8, 4) is 5.75 Å². The van der Waals surface area contributed by atoms with Gasteiger partial charge >= 0.3 is 0 Å². The molecule has 0 fully saturated rings. The Bertz CT molecular complexity index is 337. The molecule has 0 aromatic heterocycles. The van der Waals surface area contributed by atoms with E-state index in [4.69, 9.17) is 15.2 Å². The monoisotopic (exact) mass is 237 g/mol. The second-order valence-corrected chi connectivity index (χ2v) is 4.21. The van der Waals surface area contributed by atoms with Crippen molar-refractivity contribution in [1.29, 1.82) is 0 Å². The fourth-order valence-electron chi connectivity index (χ4n) is 1.61. The van der Waals surface area contributed by atoms with Gasteiger partial charge in [0.15, 0.2) is 0 Å². The summed E-state index contributed by atoms with van der Waals surface area (Å²) in [6.45, 7) is 8.24. The summed E-state index contributed by atoms with van der Waals surface area (Å²) in [5.41, 5.74) is 8.11. The molecule has 0 aliphatic carbocycles. The highest BCUT2D eigenvalue weighted by Gasteiger charge is 2.04. The van der Waals surface area contributed by atoms with Crippen molar-refractivity contribution in [2.24, 2.45) is 5.73 Å². The standard InChI is InChI=1S/C14H23NO2/c1-4-16-8-5-9-17-14-7-6-13(12(3)15)10-11(14)2/h6-7,10,12H,4-5,8-9,15H2,1-3H3. The minimum Gasteiger partial charge on any atom is -0.493 e. The first-order valence-electron chi connectivity index (χ1n) is 6.21. The number of rotatable bonds is 7. The number of aryl methyl sites for hydroxylation is 1. The molecule has 1 atom stereocenters. The molecule has 96 valence electrons. The zero-order chi connectivity index (χ0) is 12.7. The molecule has 0 saturated heterocycles. The van der Waals surface area contributed by atoms with Crippen LogP contribution in [0, 0.1) is 6.92 Å². The number of hydrogen-bond acceptors (Lipinski definition) is 3. The molecule has 3 heteroatoms. The molecular formula is C14H23NO2. The van der Waals surface area contributed by atoms with Crippen LogP contribution in [0.1, 0.15) is 37.4 Å². The van der Waals surface area contributed by atoms with Gasteiger partial charge in [0, 0.05) is 25.7 Å². The highest BCUT2D eigenvalue weighted by atomic mass is 16.5. The van der Waals surface area contributed by atoms with Gasteiger partial charge in [0.25, 0.3) is 0 Å². The van der Waals surface area contributed by atoms with Crippen LogP contribution in [-0.2, 0) is 4.74 Å². The third kappa shape index (κ3) is 4.75. The van der Waals surface area contributed by atoms with Gasteiger partial charge in [0.05, 0.1) is 6.61 Å². The average Bonchev–Trinajstić information content (AvgIpc) is 2.30. The van der Waals surface area contributed by atoms with Crippen LogP contribution in [0.4, 0.5) is 0 Å². The van der Waals surface area contributed by atoms with Crippen LogP contribution in [0.2, 0.25) is 0 Å². The Labute approximate surface area is 104 Å². The Kier molecular flexibility index (Phi) is 6.01. The maximum absolute atomic E-state index is 5.83. The van der Waals surface area contributed by atoms with Crippen molar-refractivity contribution in [2.45, 2.75) is 33.2 Å². The Balaban J connectivity index is 2.43. The first kappa shape index (κ1) is 14.0. The highest BCUT2D eigenvalue weighted by molar-refractivity contribution is 5.37. The van der Waals surface area contributed by atoms with E-state index in [-0.39, 0.29) is 6.04 Å². The lowest BCUT2D eigenvalue weighted by atomic mass is 10.1. The predicted molar refractivity (Wildman–Crippen MR) is 70.4 cm³/mol. The number of hydrogen-bond donors (Lipinski definition) is 1. The van der Waals surface area contributed by atoms with Gasteiger partial charge in [-0.25, -0.2) is 0 Å². The van der Waals surface area contributed by atoms with E-state index in [1.165, 1.54) is 0 Å². The van der Waals surface area contributed by atoms with Crippen LogP contribution >= 0.6 is 0 Å². The summed E-state index contributed by atoms with van der Waals surface area (Å²) in [5.74, 6) is 0.936. The van der Waals surface area contributed by atoms with Crippen molar-refractivity contribution in [3.63, 3.8) is 0 Å². The lowest BCUT2D eigenvalue weighted by molar-refractivity contribution is 0.130. The molecule has 1 aromatic carbocycles. The van der Waals surface area contributed by atoms with E-state index in [1.54, 1.807) is 0 Å². The minimum absolute atomic E-state index is 0.0701. The van der Waals surface area contributed by atoms with Gasteiger partial charge in [-0.2, -0.15) is 0 Å². The number of benzene rings is 1. The topological polar surface area (TPSA) is 44.5 Å². The number of ether oxygens (including phenoxy) is 2. The van der Waals surface area contributed by atoms with E-state index in [2.05, 4.69) is 6.07 Å². The Morgan fingerprint density at radius 2 is 2.06 bits per heavy atom. The van der Waals surface area contributed by atoms with E-state index in [0.29, 0.717) is 6.61 Å². The molecule has 0 heterocycles. The lowest BCUT2D eigenvalue weighted by Crippen LogP contribution is -2.07. The summed E-state index contributed by atoms with van der Waals surface area (Å²) >= 11 is 0. The maximum atomic E-state index is 5.83. The Hall–Kier alpha value is -1.06. The van der Waals surface area contributed by atoms with Crippen molar-refractivity contribution in [1.82, 2.24) is 0 Å². The summed E-state index contributed by atoms with van der Waals surface area (Å²) in [6, 6.07) is 6.17. The van der Waals surface area contributed by atoms with Crippen molar-refractivity contribution < 1.29 is 9.47 Å². The minimum atomic E-state index is 0.0701. The normalized spacial score (nSPS) is 12.5. The zero-order valence-corrected chi connectivity index (χ0v) is 11.0. The first-order chi connectivity index (χ1) is 8.15. The van der Waals surface area contributed by atoms with Gasteiger partial charge < -0.3 is 15.2 Å². The van der Waals surface area contributed by atoms with E-state index >= 15 is 0 Å². The third-order valence-corrected chi connectivity index (χ3v) is 2.62. The van der Waals surface area contributed by atoms with Gasteiger partial charge in [-0.3, -0.25) is 0 Å². The van der Waals surface area contributed by atoms with Crippen LogP contribution in [0.5, 0.6) is 5.75 Å². The van der Waals surface area contributed by atoms with Crippen molar-refractivity contribution in [2.75, 3.05) is 19.8 Å². The van der Waals surface area contributed by atoms with Gasteiger partial charge in [-0.1, -0.05) is 12.1 Å². The second kappa shape index (κ2) is 7.30. The van der Waals surface area contributed by atoms with E-state index in [1.807, 2.05) is 32.9 Å². The Morgan fingerprint density at radius 3 is 2.65 bits per heavy atom. The third-order valence-electron chi connectivity index (χ3n) is 2.62. The molecular weight excluding hydrogens is 214 g/mol. The molecule has 3 nitrogen and oxygen atoms in total. The van der Waals surface area contributed by atoms with Crippen LogP contribution in [-0.4, -0.2) is 19.8 Å². The average molecular weight is 237 g/mol. The quantitative estimate of drug-likeness (QED) is 0.742. The van der Waals surface area contributed by atoms with Gasteiger partial charge in [-0.15, -0.1) is 0 Å². The summed E-state index contributed by atoms with van der Waals surface area (Å²) in [5, 5.41) is 0. The molecule has 17 heavy (non-hydrogen) atoms. The highest BCUT2D eigenvalue weighted by Crippen LogP contribution is 2.21. The maximum Gasteiger partial charge on any atom is 0.122 e. The first-order valence-corrected chi connectivity index (χ1v) is 6.21. The van der Waals surface area contributed by atoms with Crippen LogP contribution in [0.3, 0.4) is 0 Å². The molecule has 0 saturated carbocycles. The summed E-state index contributed by atoms with van der Waals surface area (Å²) < 4.78 is 11.0. The Morgan fingerprint density at radius 1 is 1.29 bits per heavy atom. The van der Waals surface area contributed by atoms with Crippen LogP contribution in [0.15, 0.2) is 18.2 Å². The largest absolute Gasteiger partial charge is 0.493 e. The van der Waals surface area contributed by atoms with E-state index in [9.17, 15) is 0 Å². The molecule has 1 unspecified atom stereocenters. The summed E-state index contributed by atoms with van der Waals surface area (Å²) in [4.78, 5) is 0. The van der Waals surface area contributed by atoms with Crippen LogP contribution in [0.25, 0.3) is 0 Å². The SMILES string of the molecule is CCOCCCOc1ccc(C(C)N)cc1C.